The van der Waals surface area contributed by atoms with Crippen LogP contribution in [0.4, 0.5) is 0 Å². The molecule has 4 rings (SSSR count). The third-order valence-electron chi connectivity index (χ3n) is 4.61. The molecule has 2 aromatic heterocycles. The van der Waals surface area contributed by atoms with Gasteiger partial charge >= 0.3 is 0 Å². The first-order valence-corrected chi connectivity index (χ1v) is 10.1. The van der Waals surface area contributed by atoms with Crippen LogP contribution in [0.1, 0.15) is 34.4 Å². The molecular weight excluding hydrogens is 336 g/mol. The Morgan fingerprint density at radius 1 is 1.29 bits per heavy atom. The normalized spacial score (nSPS) is 14.1. The lowest BCUT2D eigenvalue weighted by molar-refractivity contribution is 0.695. The summed E-state index contributed by atoms with van der Waals surface area (Å²) in [4.78, 5) is 20.0. The minimum absolute atomic E-state index is 0.117. The zero-order valence-corrected chi connectivity index (χ0v) is 15.6. The first-order chi connectivity index (χ1) is 11.6. The highest BCUT2D eigenvalue weighted by Crippen LogP contribution is 2.34. The molecule has 0 N–H and O–H groups in total. The van der Waals surface area contributed by atoms with Crippen molar-refractivity contribution >= 4 is 33.3 Å². The van der Waals surface area contributed by atoms with Crippen LogP contribution in [0.15, 0.2) is 34.2 Å². The van der Waals surface area contributed by atoms with Crippen molar-refractivity contribution in [1.82, 2.24) is 9.55 Å². The zero-order valence-electron chi connectivity index (χ0n) is 14.0. The number of nitrogens with zero attached hydrogens (tertiary/aromatic N) is 2. The fourth-order valence-electron chi connectivity index (χ4n) is 3.35. The summed E-state index contributed by atoms with van der Waals surface area (Å²) in [5.41, 5.74) is 3.91. The number of fused-ring (bicyclic) bond motifs is 3. The summed E-state index contributed by atoms with van der Waals surface area (Å²) >= 11 is 3.37. The maximum absolute atomic E-state index is 12.9. The molecule has 0 saturated heterocycles. The van der Waals surface area contributed by atoms with Gasteiger partial charge < -0.3 is 0 Å². The van der Waals surface area contributed by atoms with Gasteiger partial charge in [-0.2, -0.15) is 0 Å². The minimum Gasteiger partial charge on any atom is -0.290 e. The lowest BCUT2D eigenvalue weighted by atomic mass is 9.97. The third kappa shape index (κ3) is 2.80. The summed E-state index contributed by atoms with van der Waals surface area (Å²) in [6, 6.07) is 8.49. The number of benzene rings is 1. The van der Waals surface area contributed by atoms with Gasteiger partial charge in [0.25, 0.3) is 5.56 Å². The van der Waals surface area contributed by atoms with Crippen molar-refractivity contribution in [2.24, 2.45) is 7.05 Å². The molecule has 3 aromatic rings. The Kier molecular flexibility index (Phi) is 4.22. The standard InChI is InChI=1S/C19H20N2OS2/c1-12-6-5-7-13(10-12)11-23-19-20-17-16(18(22)21(19)2)14-8-3-4-9-15(14)24-17/h5-7,10H,3-4,8-9,11H2,1-2H3. The molecular formula is C19H20N2OS2. The molecule has 0 atom stereocenters. The molecule has 0 spiro atoms. The Balaban J connectivity index is 1.71. The van der Waals surface area contributed by atoms with E-state index in [0.29, 0.717) is 0 Å². The van der Waals surface area contributed by atoms with Crippen LogP contribution in [-0.4, -0.2) is 9.55 Å². The van der Waals surface area contributed by atoms with E-state index in [1.165, 1.54) is 34.4 Å². The van der Waals surface area contributed by atoms with Gasteiger partial charge in [-0.15, -0.1) is 11.3 Å². The predicted octanol–water partition coefficient (Wildman–Crippen LogP) is 4.47. The van der Waals surface area contributed by atoms with Gasteiger partial charge in [-0.1, -0.05) is 41.6 Å². The number of aromatic nitrogens is 2. The monoisotopic (exact) mass is 356 g/mol. The first-order valence-electron chi connectivity index (χ1n) is 8.33. The van der Waals surface area contributed by atoms with Gasteiger partial charge in [-0.05, 0) is 43.7 Å². The van der Waals surface area contributed by atoms with Gasteiger partial charge in [0.1, 0.15) is 4.83 Å². The van der Waals surface area contributed by atoms with Gasteiger partial charge in [-0.25, -0.2) is 4.98 Å². The molecule has 0 fully saturated rings. The van der Waals surface area contributed by atoms with Crippen molar-refractivity contribution in [3.8, 4) is 0 Å². The number of hydrogen-bond donors (Lipinski definition) is 0. The van der Waals surface area contributed by atoms with Crippen LogP contribution in [0, 0.1) is 6.92 Å². The molecule has 1 aromatic carbocycles. The highest BCUT2D eigenvalue weighted by atomic mass is 32.2. The lowest BCUT2D eigenvalue weighted by Crippen LogP contribution is -2.20. The van der Waals surface area contributed by atoms with E-state index in [0.717, 1.165) is 34.0 Å². The SMILES string of the molecule is Cc1cccc(CSc2nc3sc4c(c3c(=O)n2C)CCCC4)c1. The van der Waals surface area contributed by atoms with Crippen LogP contribution in [0.2, 0.25) is 0 Å². The van der Waals surface area contributed by atoms with Crippen molar-refractivity contribution in [2.45, 2.75) is 43.5 Å². The fraction of sp³-hybridized carbons (Fsp3) is 0.368. The number of thiophene rings is 1. The fourth-order valence-corrected chi connectivity index (χ4v) is 5.56. The highest BCUT2D eigenvalue weighted by molar-refractivity contribution is 7.98. The Bertz CT molecular complexity index is 971. The van der Waals surface area contributed by atoms with Crippen LogP contribution >= 0.6 is 23.1 Å². The van der Waals surface area contributed by atoms with Crippen LogP contribution in [0.25, 0.3) is 10.2 Å². The van der Waals surface area contributed by atoms with Crippen molar-refractivity contribution in [1.29, 1.82) is 0 Å². The van der Waals surface area contributed by atoms with E-state index in [9.17, 15) is 4.79 Å². The second-order valence-corrected chi connectivity index (χ2v) is 8.45. The van der Waals surface area contributed by atoms with E-state index in [-0.39, 0.29) is 5.56 Å². The van der Waals surface area contributed by atoms with Gasteiger partial charge in [0.15, 0.2) is 5.16 Å². The molecule has 2 heterocycles. The summed E-state index contributed by atoms with van der Waals surface area (Å²) in [5, 5.41) is 1.68. The molecule has 0 saturated carbocycles. The molecule has 24 heavy (non-hydrogen) atoms. The van der Waals surface area contributed by atoms with Crippen molar-refractivity contribution in [2.75, 3.05) is 0 Å². The average molecular weight is 357 g/mol. The van der Waals surface area contributed by atoms with E-state index in [1.54, 1.807) is 27.7 Å². The summed E-state index contributed by atoms with van der Waals surface area (Å²) in [6.07, 6.45) is 4.55. The van der Waals surface area contributed by atoms with Crippen molar-refractivity contribution < 1.29 is 0 Å². The molecule has 0 unspecified atom stereocenters. The number of rotatable bonds is 3. The quantitative estimate of drug-likeness (QED) is 0.513. The van der Waals surface area contributed by atoms with Gasteiger partial charge in [0.05, 0.1) is 5.39 Å². The second-order valence-electron chi connectivity index (χ2n) is 6.43. The molecule has 0 radical (unpaired) electrons. The number of aryl methyl sites for hydroxylation is 3. The average Bonchev–Trinajstić information content (AvgIpc) is 2.95. The molecule has 1 aliphatic rings. The van der Waals surface area contributed by atoms with Gasteiger partial charge in [-0.3, -0.25) is 9.36 Å². The number of thioether (sulfide) groups is 1. The molecule has 5 heteroatoms. The molecule has 0 amide bonds. The number of hydrogen-bond acceptors (Lipinski definition) is 4. The van der Waals surface area contributed by atoms with Crippen molar-refractivity contribution in [3.63, 3.8) is 0 Å². The molecule has 124 valence electrons. The summed E-state index contributed by atoms with van der Waals surface area (Å²) in [7, 11) is 1.85. The largest absolute Gasteiger partial charge is 0.290 e. The lowest BCUT2D eigenvalue weighted by Gasteiger charge is -2.11. The van der Waals surface area contributed by atoms with Crippen LogP contribution in [0.3, 0.4) is 0 Å². The van der Waals surface area contributed by atoms with Crippen LogP contribution in [-0.2, 0) is 25.6 Å². The predicted molar refractivity (Wildman–Crippen MR) is 102 cm³/mol. The van der Waals surface area contributed by atoms with E-state index in [2.05, 4.69) is 31.2 Å². The maximum atomic E-state index is 12.9. The summed E-state index contributed by atoms with van der Waals surface area (Å²) in [5.74, 6) is 0.832. The Hall–Kier alpha value is -1.59. The van der Waals surface area contributed by atoms with Crippen LogP contribution < -0.4 is 5.56 Å². The Morgan fingerprint density at radius 3 is 2.96 bits per heavy atom. The Morgan fingerprint density at radius 2 is 2.12 bits per heavy atom. The molecule has 3 nitrogen and oxygen atoms in total. The molecule has 0 aliphatic heterocycles. The second kappa shape index (κ2) is 6.37. The molecule has 1 aliphatic carbocycles. The van der Waals surface area contributed by atoms with Crippen molar-refractivity contribution in [3.05, 3.63) is 56.2 Å². The van der Waals surface area contributed by atoms with Gasteiger partial charge in [0.2, 0.25) is 0 Å². The third-order valence-corrected chi connectivity index (χ3v) is 6.89. The summed E-state index contributed by atoms with van der Waals surface area (Å²) in [6.45, 7) is 2.10. The van der Waals surface area contributed by atoms with Crippen LogP contribution in [0.5, 0.6) is 0 Å². The molecule has 0 bridgehead atoms. The summed E-state index contributed by atoms with van der Waals surface area (Å²) < 4.78 is 1.73. The Labute approximate surface area is 149 Å². The van der Waals surface area contributed by atoms with E-state index >= 15 is 0 Å². The van der Waals surface area contributed by atoms with E-state index in [1.807, 2.05) is 7.05 Å². The topological polar surface area (TPSA) is 34.9 Å². The highest BCUT2D eigenvalue weighted by Gasteiger charge is 2.21. The van der Waals surface area contributed by atoms with Gasteiger partial charge in [0, 0.05) is 17.7 Å². The minimum atomic E-state index is 0.117. The maximum Gasteiger partial charge on any atom is 0.262 e. The smallest absolute Gasteiger partial charge is 0.262 e. The van der Waals surface area contributed by atoms with E-state index < -0.39 is 0 Å². The zero-order chi connectivity index (χ0) is 16.7. The first kappa shape index (κ1) is 15.9. The van der Waals surface area contributed by atoms with E-state index in [4.69, 9.17) is 4.98 Å².